The zero-order chi connectivity index (χ0) is 13.3. The highest BCUT2D eigenvalue weighted by Crippen LogP contribution is 2.23. The smallest absolute Gasteiger partial charge is 0.356 e. The van der Waals surface area contributed by atoms with Crippen molar-refractivity contribution in [3.8, 4) is 11.3 Å². The number of carboxylic acids is 1. The second kappa shape index (κ2) is 4.56. The predicted molar refractivity (Wildman–Crippen MR) is 68.6 cm³/mol. The molecule has 92 valence electrons. The summed E-state index contributed by atoms with van der Waals surface area (Å²) in [5.41, 5.74) is 4.59. The highest BCUT2D eigenvalue weighted by Gasteiger charge is 2.12. The van der Waals surface area contributed by atoms with Gasteiger partial charge in [-0.25, -0.2) is 4.79 Å². The van der Waals surface area contributed by atoms with E-state index in [4.69, 9.17) is 5.11 Å². The fourth-order valence-corrected chi connectivity index (χ4v) is 1.93. The van der Waals surface area contributed by atoms with Gasteiger partial charge in [0, 0.05) is 5.56 Å². The van der Waals surface area contributed by atoms with Gasteiger partial charge in [0.05, 0.1) is 5.69 Å². The zero-order valence-electron chi connectivity index (χ0n) is 10.6. The zero-order valence-corrected chi connectivity index (χ0v) is 10.6. The van der Waals surface area contributed by atoms with Gasteiger partial charge in [-0.1, -0.05) is 23.8 Å². The number of carboxylic acid groups (broad SMARTS) is 1. The van der Waals surface area contributed by atoms with Crippen molar-refractivity contribution in [3.05, 3.63) is 46.6 Å². The SMILES string of the molecule is Cc1ccc(-c2cc(C)c(C(=O)O)nn2)c(C)c1. The van der Waals surface area contributed by atoms with E-state index in [-0.39, 0.29) is 5.69 Å². The molecular weight excluding hydrogens is 228 g/mol. The number of nitrogens with zero attached hydrogens (tertiary/aromatic N) is 2. The molecule has 2 rings (SSSR count). The molecule has 0 radical (unpaired) electrons. The van der Waals surface area contributed by atoms with Crippen LogP contribution in [-0.4, -0.2) is 21.3 Å². The molecule has 0 aliphatic heterocycles. The molecule has 0 saturated carbocycles. The van der Waals surface area contributed by atoms with Gasteiger partial charge in [-0.2, -0.15) is 0 Å². The van der Waals surface area contributed by atoms with Crippen LogP contribution in [0.25, 0.3) is 11.3 Å². The molecule has 0 amide bonds. The van der Waals surface area contributed by atoms with Crippen molar-refractivity contribution < 1.29 is 9.90 Å². The first kappa shape index (κ1) is 12.2. The number of aromatic carboxylic acids is 1. The second-order valence-corrected chi connectivity index (χ2v) is 4.38. The van der Waals surface area contributed by atoms with E-state index in [9.17, 15) is 4.79 Å². The Hall–Kier alpha value is -2.23. The molecule has 1 heterocycles. The Morgan fingerprint density at radius 3 is 2.33 bits per heavy atom. The Bertz CT molecular complexity index is 621. The normalized spacial score (nSPS) is 10.4. The predicted octanol–water partition coefficient (Wildman–Crippen LogP) is 2.77. The maximum absolute atomic E-state index is 10.9. The summed E-state index contributed by atoms with van der Waals surface area (Å²) >= 11 is 0. The fourth-order valence-electron chi connectivity index (χ4n) is 1.93. The molecule has 0 bridgehead atoms. The molecule has 0 spiro atoms. The second-order valence-electron chi connectivity index (χ2n) is 4.38. The molecule has 4 heteroatoms. The number of aryl methyl sites for hydroxylation is 3. The first-order valence-electron chi connectivity index (χ1n) is 5.64. The van der Waals surface area contributed by atoms with Crippen molar-refractivity contribution in [1.82, 2.24) is 10.2 Å². The van der Waals surface area contributed by atoms with Crippen LogP contribution >= 0.6 is 0 Å². The summed E-state index contributed by atoms with van der Waals surface area (Å²) in [7, 11) is 0. The van der Waals surface area contributed by atoms with Crippen molar-refractivity contribution in [2.24, 2.45) is 0 Å². The van der Waals surface area contributed by atoms with Crippen molar-refractivity contribution in [3.63, 3.8) is 0 Å². The van der Waals surface area contributed by atoms with Crippen LogP contribution in [0.1, 0.15) is 27.2 Å². The van der Waals surface area contributed by atoms with Crippen molar-refractivity contribution in [2.75, 3.05) is 0 Å². The lowest BCUT2D eigenvalue weighted by molar-refractivity contribution is 0.0688. The fraction of sp³-hybridized carbons (Fsp3) is 0.214. The Morgan fingerprint density at radius 2 is 1.78 bits per heavy atom. The van der Waals surface area contributed by atoms with E-state index in [0.717, 1.165) is 11.1 Å². The molecule has 0 fully saturated rings. The number of benzene rings is 1. The third kappa shape index (κ3) is 2.22. The molecular formula is C14H14N2O2. The van der Waals surface area contributed by atoms with Crippen LogP contribution in [-0.2, 0) is 0 Å². The van der Waals surface area contributed by atoms with Crippen LogP contribution in [0.3, 0.4) is 0 Å². The van der Waals surface area contributed by atoms with Gasteiger partial charge in [-0.05, 0) is 38.0 Å². The highest BCUT2D eigenvalue weighted by atomic mass is 16.4. The lowest BCUT2D eigenvalue weighted by Crippen LogP contribution is -2.06. The molecule has 0 atom stereocenters. The van der Waals surface area contributed by atoms with Gasteiger partial charge < -0.3 is 5.11 Å². The summed E-state index contributed by atoms with van der Waals surface area (Å²) in [6, 6.07) is 7.81. The monoisotopic (exact) mass is 242 g/mol. The maximum atomic E-state index is 10.9. The van der Waals surface area contributed by atoms with E-state index >= 15 is 0 Å². The van der Waals surface area contributed by atoms with E-state index in [2.05, 4.69) is 16.3 Å². The lowest BCUT2D eigenvalue weighted by atomic mass is 10.0. The van der Waals surface area contributed by atoms with Crippen molar-refractivity contribution in [1.29, 1.82) is 0 Å². The van der Waals surface area contributed by atoms with Gasteiger partial charge in [0.15, 0.2) is 5.69 Å². The molecule has 0 aliphatic rings. The highest BCUT2D eigenvalue weighted by molar-refractivity contribution is 5.87. The standard InChI is InChI=1S/C14H14N2O2/c1-8-4-5-11(9(2)6-8)12-7-10(3)13(14(17)18)16-15-12/h4-7H,1-3H3,(H,17,18). The molecule has 1 aromatic carbocycles. The third-order valence-electron chi connectivity index (χ3n) is 2.84. The molecule has 0 unspecified atom stereocenters. The number of hydrogen-bond donors (Lipinski definition) is 1. The first-order chi connectivity index (χ1) is 8.49. The van der Waals surface area contributed by atoms with Crippen LogP contribution in [0, 0.1) is 20.8 Å². The minimum atomic E-state index is -1.05. The molecule has 1 N–H and O–H groups in total. The topological polar surface area (TPSA) is 63.1 Å². The van der Waals surface area contributed by atoms with Gasteiger partial charge in [-0.3, -0.25) is 0 Å². The van der Waals surface area contributed by atoms with Gasteiger partial charge in [0.25, 0.3) is 0 Å². The number of hydrogen-bond acceptors (Lipinski definition) is 3. The third-order valence-corrected chi connectivity index (χ3v) is 2.84. The molecule has 2 aromatic rings. The quantitative estimate of drug-likeness (QED) is 0.879. The number of rotatable bonds is 2. The number of aromatic nitrogens is 2. The molecule has 18 heavy (non-hydrogen) atoms. The summed E-state index contributed by atoms with van der Waals surface area (Å²) in [4.78, 5) is 10.9. The Labute approximate surface area is 105 Å². The van der Waals surface area contributed by atoms with E-state index < -0.39 is 5.97 Å². The number of carbonyl (C=O) groups is 1. The van der Waals surface area contributed by atoms with Gasteiger partial charge >= 0.3 is 5.97 Å². The van der Waals surface area contributed by atoms with Crippen molar-refractivity contribution in [2.45, 2.75) is 20.8 Å². The summed E-state index contributed by atoms with van der Waals surface area (Å²) in [6.45, 7) is 5.76. The minimum absolute atomic E-state index is 0.00325. The van der Waals surface area contributed by atoms with E-state index in [1.54, 1.807) is 13.0 Å². The largest absolute Gasteiger partial charge is 0.476 e. The Balaban J connectivity index is 2.52. The first-order valence-corrected chi connectivity index (χ1v) is 5.64. The maximum Gasteiger partial charge on any atom is 0.356 e. The van der Waals surface area contributed by atoms with Crippen molar-refractivity contribution >= 4 is 5.97 Å². The average Bonchev–Trinajstić information content (AvgIpc) is 2.28. The molecule has 0 aliphatic carbocycles. The van der Waals surface area contributed by atoms with Crippen LogP contribution < -0.4 is 0 Å². The summed E-state index contributed by atoms with van der Waals surface area (Å²) in [6.07, 6.45) is 0. The van der Waals surface area contributed by atoms with Crippen LogP contribution in [0.2, 0.25) is 0 Å². The summed E-state index contributed by atoms with van der Waals surface area (Å²) in [5, 5.41) is 16.7. The van der Waals surface area contributed by atoms with E-state index in [0.29, 0.717) is 11.3 Å². The van der Waals surface area contributed by atoms with E-state index in [1.165, 1.54) is 5.56 Å². The van der Waals surface area contributed by atoms with Crippen LogP contribution in [0.15, 0.2) is 24.3 Å². The minimum Gasteiger partial charge on any atom is -0.476 e. The molecule has 0 saturated heterocycles. The van der Waals surface area contributed by atoms with Gasteiger partial charge in [0.2, 0.25) is 0 Å². The summed E-state index contributed by atoms with van der Waals surface area (Å²) in [5.74, 6) is -1.05. The Kier molecular flexibility index (Phi) is 3.10. The Morgan fingerprint density at radius 1 is 1.06 bits per heavy atom. The molecule has 4 nitrogen and oxygen atoms in total. The van der Waals surface area contributed by atoms with Crippen LogP contribution in [0.4, 0.5) is 0 Å². The van der Waals surface area contributed by atoms with E-state index in [1.807, 2.05) is 26.0 Å². The summed E-state index contributed by atoms with van der Waals surface area (Å²) < 4.78 is 0. The van der Waals surface area contributed by atoms with Gasteiger partial charge in [0.1, 0.15) is 0 Å². The lowest BCUT2D eigenvalue weighted by Gasteiger charge is -2.07. The average molecular weight is 242 g/mol. The van der Waals surface area contributed by atoms with Crippen LogP contribution in [0.5, 0.6) is 0 Å². The van der Waals surface area contributed by atoms with Gasteiger partial charge in [-0.15, -0.1) is 10.2 Å². The molecule has 1 aromatic heterocycles.